The number of alkyl halides is 2. The topological polar surface area (TPSA) is 134 Å². The molecule has 2 unspecified atom stereocenters. The zero-order valence-electron chi connectivity index (χ0n) is 26.0. The van der Waals surface area contributed by atoms with E-state index in [1.165, 1.54) is 10.8 Å². The summed E-state index contributed by atoms with van der Waals surface area (Å²) in [5.74, 6) is 0.387. The van der Waals surface area contributed by atoms with Gasteiger partial charge in [0.25, 0.3) is 6.43 Å². The highest BCUT2D eigenvalue weighted by Gasteiger charge is 2.39. The summed E-state index contributed by atoms with van der Waals surface area (Å²) < 4.78 is 76.3. The van der Waals surface area contributed by atoms with Gasteiger partial charge in [0.1, 0.15) is 17.6 Å². The van der Waals surface area contributed by atoms with Gasteiger partial charge in [-0.3, -0.25) is 9.25 Å². The fourth-order valence-corrected chi connectivity index (χ4v) is 7.82. The van der Waals surface area contributed by atoms with E-state index in [9.17, 15) is 17.2 Å². The summed E-state index contributed by atoms with van der Waals surface area (Å²) in [6, 6.07) is 3.50. The first kappa shape index (κ1) is 31.2. The minimum Gasteiger partial charge on any atom is -0.377 e. The number of allylic oxidation sites excluding steroid dienone is 1. The van der Waals surface area contributed by atoms with Gasteiger partial charge in [-0.1, -0.05) is 19.1 Å². The second-order valence-corrected chi connectivity index (χ2v) is 14.7. The van der Waals surface area contributed by atoms with Crippen LogP contribution < -0.4 is 10.6 Å². The molecule has 2 fully saturated rings. The minimum atomic E-state index is -3.70. The summed E-state index contributed by atoms with van der Waals surface area (Å²) >= 11 is 0. The second-order valence-electron chi connectivity index (χ2n) is 12.7. The van der Waals surface area contributed by atoms with Crippen LogP contribution >= 0.6 is 0 Å². The predicted molar refractivity (Wildman–Crippen MR) is 167 cm³/mol. The molecule has 248 valence electrons. The van der Waals surface area contributed by atoms with Gasteiger partial charge in [-0.05, 0) is 44.9 Å². The maximum absolute atomic E-state index is 14.5. The number of pyridine rings is 1. The number of nitrogens with zero attached hydrogens (tertiary/aromatic N) is 5. The first-order valence-electron chi connectivity index (χ1n) is 15.9. The van der Waals surface area contributed by atoms with Crippen molar-refractivity contribution in [2.75, 3.05) is 36.7 Å². The lowest BCUT2D eigenvalue weighted by Gasteiger charge is -2.39. The van der Waals surface area contributed by atoms with Gasteiger partial charge in [0.15, 0.2) is 27.1 Å². The number of anilines is 3. The minimum absolute atomic E-state index is 0.106. The number of ether oxygens (including phenoxy) is 3. The molecule has 3 atom stereocenters. The Hall–Kier alpha value is -3.40. The third kappa shape index (κ3) is 6.05. The van der Waals surface area contributed by atoms with E-state index in [2.05, 4.69) is 20.7 Å². The lowest BCUT2D eigenvalue weighted by molar-refractivity contribution is -0.0426. The Kier molecular flexibility index (Phi) is 8.36. The van der Waals surface area contributed by atoms with Crippen molar-refractivity contribution in [3.05, 3.63) is 46.4 Å². The van der Waals surface area contributed by atoms with E-state index in [-0.39, 0.29) is 22.2 Å². The van der Waals surface area contributed by atoms with Crippen LogP contribution in [0.1, 0.15) is 76.0 Å². The van der Waals surface area contributed by atoms with Gasteiger partial charge < -0.3 is 24.8 Å². The van der Waals surface area contributed by atoms with E-state index in [0.29, 0.717) is 68.8 Å². The summed E-state index contributed by atoms with van der Waals surface area (Å²) in [6.07, 6.45) is 6.74. The molecule has 12 nitrogen and oxygen atoms in total. The lowest BCUT2D eigenvalue weighted by atomic mass is 9.75. The first-order valence-corrected chi connectivity index (χ1v) is 17.7. The van der Waals surface area contributed by atoms with Crippen molar-refractivity contribution >= 4 is 38.3 Å². The third-order valence-corrected chi connectivity index (χ3v) is 10.3. The van der Waals surface area contributed by atoms with Crippen molar-refractivity contribution in [2.24, 2.45) is 5.41 Å². The van der Waals surface area contributed by atoms with Crippen LogP contribution in [-0.2, 0) is 37.2 Å². The smallest absolute Gasteiger partial charge is 0.295 e. The maximum Gasteiger partial charge on any atom is 0.295 e. The van der Waals surface area contributed by atoms with Crippen molar-refractivity contribution in [1.82, 2.24) is 24.3 Å². The molecule has 2 saturated heterocycles. The molecule has 2 N–H and O–H groups in total. The molecule has 4 aliphatic rings. The second kappa shape index (κ2) is 12.3. The highest BCUT2D eigenvalue weighted by Crippen LogP contribution is 2.43. The normalized spacial score (nSPS) is 25.7. The Morgan fingerprint density at radius 1 is 1.02 bits per heavy atom. The van der Waals surface area contributed by atoms with E-state index in [1.807, 2.05) is 23.7 Å². The fourth-order valence-electron chi connectivity index (χ4n) is 6.80. The Labute approximate surface area is 266 Å². The molecule has 3 aliphatic heterocycles. The zero-order valence-corrected chi connectivity index (χ0v) is 26.8. The van der Waals surface area contributed by atoms with E-state index >= 15 is 0 Å². The molecule has 0 radical (unpaired) electrons. The third-order valence-electron chi connectivity index (χ3n) is 9.19. The fraction of sp³-hybridized carbons (Fsp3) is 0.581. The number of fused-ring (bicyclic) bond motifs is 2. The zero-order chi connectivity index (χ0) is 32.1. The van der Waals surface area contributed by atoms with Crippen molar-refractivity contribution in [2.45, 2.75) is 83.8 Å². The quantitative estimate of drug-likeness (QED) is 0.308. The summed E-state index contributed by atoms with van der Waals surface area (Å²) in [6.45, 7) is 4.70. The molecular weight excluding hydrogens is 620 g/mol. The van der Waals surface area contributed by atoms with E-state index < -0.39 is 33.7 Å². The number of hydrogen-bond donors (Lipinski definition) is 2. The highest BCUT2D eigenvalue weighted by molar-refractivity contribution is 7.94. The number of nitrogens with one attached hydrogen (secondary N) is 2. The number of aromatic nitrogens is 5. The number of hydrogen-bond acceptors (Lipinski definition) is 10. The largest absolute Gasteiger partial charge is 0.377 e. The SMILES string of the molecule is CC1([C@@H]2CCCCO2)C=C(S(C)(=O)=O)C(Nc2cc(Nc3cc4n(n3)CCOC4)nc3c2nc(C(F)F)n3C2CCCCO2)=CC1. The molecule has 3 aromatic heterocycles. The molecule has 15 heteroatoms. The van der Waals surface area contributed by atoms with Crippen molar-refractivity contribution < 1.29 is 31.4 Å². The van der Waals surface area contributed by atoms with Gasteiger partial charge in [0, 0.05) is 37.0 Å². The predicted octanol–water partition coefficient (Wildman–Crippen LogP) is 5.74. The average Bonchev–Trinajstić information content (AvgIpc) is 3.64. The standard InChI is InChI=1S/C31H39F2N7O5S/c1-31(23-7-3-5-12-44-23)10-9-20(22(17-31)46(2,41)42)34-21-16-24(35-25-15-19-18-43-14-11-39(19)38-25)36-29-27(21)37-30(28(32)33)40(29)26-8-4-6-13-45-26/h9,15-17,23,26,28H,3-8,10-14,18H2,1-2H3,(H2,34,35,36,38)/t23-,26?,31?/m0/s1. The highest BCUT2D eigenvalue weighted by atomic mass is 32.2. The number of rotatable bonds is 8. The molecule has 3 aromatic rings. The van der Waals surface area contributed by atoms with E-state index in [0.717, 1.165) is 37.8 Å². The Morgan fingerprint density at radius 3 is 2.52 bits per heavy atom. The van der Waals surface area contributed by atoms with Crippen LogP contribution in [0.15, 0.2) is 34.9 Å². The van der Waals surface area contributed by atoms with Crippen molar-refractivity contribution in [3.63, 3.8) is 0 Å². The monoisotopic (exact) mass is 659 g/mol. The van der Waals surface area contributed by atoms with Crippen molar-refractivity contribution in [3.8, 4) is 0 Å². The number of imidazole rings is 1. The molecule has 6 heterocycles. The molecule has 0 spiro atoms. The van der Waals surface area contributed by atoms with Gasteiger partial charge in [-0.25, -0.2) is 27.2 Å². The van der Waals surface area contributed by atoms with E-state index in [1.54, 1.807) is 12.1 Å². The van der Waals surface area contributed by atoms with Gasteiger partial charge in [0.2, 0.25) is 0 Å². The van der Waals surface area contributed by atoms with Crippen LogP contribution in [0.25, 0.3) is 11.2 Å². The Bertz CT molecular complexity index is 1770. The number of halogens is 2. The molecule has 46 heavy (non-hydrogen) atoms. The van der Waals surface area contributed by atoms with Gasteiger partial charge in [-0.2, -0.15) is 5.10 Å². The Balaban J connectivity index is 1.32. The van der Waals surface area contributed by atoms with Crippen LogP contribution in [0.5, 0.6) is 0 Å². The van der Waals surface area contributed by atoms with Crippen LogP contribution in [0, 0.1) is 5.41 Å². The maximum atomic E-state index is 14.5. The van der Waals surface area contributed by atoms with Crippen LogP contribution in [0.3, 0.4) is 0 Å². The van der Waals surface area contributed by atoms with Crippen LogP contribution in [0.2, 0.25) is 0 Å². The van der Waals surface area contributed by atoms with Gasteiger partial charge in [-0.15, -0.1) is 0 Å². The summed E-state index contributed by atoms with van der Waals surface area (Å²) in [7, 11) is -3.70. The molecule has 0 saturated carbocycles. The van der Waals surface area contributed by atoms with Crippen LogP contribution in [0.4, 0.5) is 26.1 Å². The molecule has 0 amide bonds. The van der Waals surface area contributed by atoms with Crippen LogP contribution in [-0.4, -0.2) is 64.9 Å². The average molecular weight is 660 g/mol. The number of sulfone groups is 1. The van der Waals surface area contributed by atoms with Gasteiger partial charge >= 0.3 is 0 Å². The lowest BCUT2D eigenvalue weighted by Crippen LogP contribution is -2.37. The summed E-state index contributed by atoms with van der Waals surface area (Å²) in [5, 5.41) is 11.1. The molecule has 7 rings (SSSR count). The molecule has 1 aliphatic carbocycles. The summed E-state index contributed by atoms with van der Waals surface area (Å²) in [4.78, 5) is 9.24. The molecular formula is C31H39F2N7O5S. The van der Waals surface area contributed by atoms with Gasteiger partial charge in [0.05, 0.1) is 47.8 Å². The van der Waals surface area contributed by atoms with E-state index in [4.69, 9.17) is 19.2 Å². The molecule has 0 bridgehead atoms. The van der Waals surface area contributed by atoms with Crippen molar-refractivity contribution in [1.29, 1.82) is 0 Å². The molecule has 0 aromatic carbocycles. The Morgan fingerprint density at radius 2 is 1.83 bits per heavy atom. The first-order chi connectivity index (χ1) is 22.1. The summed E-state index contributed by atoms with van der Waals surface area (Å²) in [5.41, 5.74) is 1.44.